The van der Waals surface area contributed by atoms with Crippen LogP contribution in [0.5, 0.6) is 0 Å². The standard InChI is InChI=1S/C31H34F3N7O2/c1-19(42)38-15-24-9-10-25(16-38)39(24)13-20-11-26(31(32,33)34)27-17-40(30(43)41(27)14-20)23-8-4-7-22(12-23)28(21-5-3-6-21)29-36-35-18-37(29)2/h4,7-8,11-12,14,17-18,21,24-25,28H,3,5-6,9-10,13,15-16H2,1-2H3/t24?,25?,28-/m1/s1. The molecule has 0 N–H and O–H groups in total. The maximum absolute atomic E-state index is 14.4. The highest BCUT2D eigenvalue weighted by molar-refractivity contribution is 5.73. The highest BCUT2D eigenvalue weighted by atomic mass is 19.4. The first-order chi connectivity index (χ1) is 20.6. The van der Waals surface area contributed by atoms with Crippen molar-refractivity contribution in [3.8, 4) is 5.69 Å². The molecule has 4 aromatic rings. The number of carbonyl (C=O) groups is 1. The number of aryl methyl sites for hydroxylation is 1. The van der Waals surface area contributed by atoms with Gasteiger partial charge in [-0.25, -0.2) is 4.79 Å². The van der Waals surface area contributed by atoms with Crippen molar-refractivity contribution in [2.75, 3.05) is 13.1 Å². The predicted molar refractivity (Wildman–Crippen MR) is 153 cm³/mol. The molecule has 0 spiro atoms. The van der Waals surface area contributed by atoms with E-state index < -0.39 is 17.4 Å². The van der Waals surface area contributed by atoms with Crippen LogP contribution < -0.4 is 5.69 Å². The Labute approximate surface area is 246 Å². The molecular formula is C31H34F3N7O2. The summed E-state index contributed by atoms with van der Waals surface area (Å²) in [7, 11) is 1.90. The smallest absolute Gasteiger partial charge is 0.340 e. The number of benzene rings is 1. The Bertz CT molecular complexity index is 1740. The topological polar surface area (TPSA) is 80.7 Å². The summed E-state index contributed by atoms with van der Waals surface area (Å²) in [5.41, 5.74) is 0.317. The van der Waals surface area contributed by atoms with Gasteiger partial charge in [-0.3, -0.25) is 18.7 Å². The first kappa shape index (κ1) is 27.9. The number of fused-ring (bicyclic) bond motifs is 3. The molecule has 0 radical (unpaired) electrons. The van der Waals surface area contributed by atoms with Crippen molar-refractivity contribution in [3.63, 3.8) is 0 Å². The third-order valence-electron chi connectivity index (χ3n) is 9.73. The van der Waals surface area contributed by atoms with Crippen LogP contribution in [0.1, 0.15) is 67.5 Å². The van der Waals surface area contributed by atoms with E-state index in [2.05, 4.69) is 15.1 Å². The van der Waals surface area contributed by atoms with Crippen molar-refractivity contribution >= 4 is 11.4 Å². The Hall–Kier alpha value is -3.93. The van der Waals surface area contributed by atoms with Crippen LogP contribution in [0, 0.1) is 5.92 Å². The lowest BCUT2D eigenvalue weighted by Gasteiger charge is -2.40. The maximum Gasteiger partial charge on any atom is 0.418 e. The molecule has 3 aromatic heterocycles. The summed E-state index contributed by atoms with van der Waals surface area (Å²) in [6.07, 6.45) is 4.90. The summed E-state index contributed by atoms with van der Waals surface area (Å²) in [5, 5.41) is 8.43. The zero-order chi connectivity index (χ0) is 30.0. The molecule has 1 saturated carbocycles. The lowest BCUT2D eigenvalue weighted by atomic mass is 9.72. The van der Waals surface area contributed by atoms with Crippen molar-refractivity contribution < 1.29 is 18.0 Å². The molecule has 226 valence electrons. The van der Waals surface area contributed by atoms with Gasteiger partial charge in [0.05, 0.1) is 16.8 Å². The Kier molecular flexibility index (Phi) is 6.71. The first-order valence-electron chi connectivity index (χ1n) is 14.9. The minimum absolute atomic E-state index is 0.0184. The van der Waals surface area contributed by atoms with Gasteiger partial charge in [0.2, 0.25) is 5.91 Å². The van der Waals surface area contributed by atoms with Gasteiger partial charge < -0.3 is 9.47 Å². The van der Waals surface area contributed by atoms with Gasteiger partial charge in [0.1, 0.15) is 12.2 Å². The van der Waals surface area contributed by atoms with E-state index in [1.165, 1.54) is 16.8 Å². The average Bonchev–Trinajstić information content (AvgIpc) is 3.57. The van der Waals surface area contributed by atoms with Crippen LogP contribution in [0.15, 0.2) is 53.8 Å². The molecule has 43 heavy (non-hydrogen) atoms. The quantitative estimate of drug-likeness (QED) is 0.332. The first-order valence-corrected chi connectivity index (χ1v) is 14.9. The van der Waals surface area contributed by atoms with Gasteiger partial charge in [-0.1, -0.05) is 18.6 Å². The zero-order valence-corrected chi connectivity index (χ0v) is 24.2. The van der Waals surface area contributed by atoms with Crippen molar-refractivity contribution in [1.82, 2.24) is 33.5 Å². The number of pyridine rings is 1. The summed E-state index contributed by atoms with van der Waals surface area (Å²) in [6, 6.07) is 8.82. The molecule has 5 heterocycles. The fourth-order valence-corrected chi connectivity index (χ4v) is 7.31. The Morgan fingerprint density at radius 3 is 2.42 bits per heavy atom. The molecule has 1 aliphatic carbocycles. The average molecular weight is 594 g/mol. The van der Waals surface area contributed by atoms with E-state index in [1.54, 1.807) is 25.5 Å². The van der Waals surface area contributed by atoms with E-state index in [0.29, 0.717) is 30.3 Å². The van der Waals surface area contributed by atoms with Crippen molar-refractivity contribution in [2.24, 2.45) is 13.0 Å². The SMILES string of the molecule is CC(=O)N1CC2CCC(C1)N2Cc1cc(C(F)(F)F)c2cn(-c3cccc([C@H](c4nncn4C)C4CCC4)c3)c(=O)n2c1. The Morgan fingerprint density at radius 1 is 1.07 bits per heavy atom. The van der Waals surface area contributed by atoms with Gasteiger partial charge in [-0.15, -0.1) is 10.2 Å². The minimum atomic E-state index is -4.64. The Balaban J connectivity index is 1.27. The molecular weight excluding hydrogens is 559 g/mol. The molecule has 2 saturated heterocycles. The summed E-state index contributed by atoms with van der Waals surface area (Å²) in [5.74, 6) is 1.21. The highest BCUT2D eigenvalue weighted by Crippen LogP contribution is 2.43. The number of halogens is 3. The summed E-state index contributed by atoms with van der Waals surface area (Å²) in [4.78, 5) is 29.7. The van der Waals surface area contributed by atoms with Gasteiger partial charge in [-0.05, 0) is 60.9 Å². The van der Waals surface area contributed by atoms with Crippen LogP contribution in [0.4, 0.5) is 13.2 Å². The fraction of sp³-hybridized carbons (Fsp3) is 0.484. The van der Waals surface area contributed by atoms with Crippen LogP contribution in [-0.2, 0) is 24.6 Å². The number of alkyl halides is 3. The van der Waals surface area contributed by atoms with Gasteiger partial charge >= 0.3 is 11.9 Å². The minimum Gasteiger partial charge on any atom is -0.340 e. The van der Waals surface area contributed by atoms with Crippen LogP contribution >= 0.6 is 0 Å². The van der Waals surface area contributed by atoms with Gasteiger partial charge in [-0.2, -0.15) is 13.2 Å². The molecule has 3 aliphatic rings. The van der Waals surface area contributed by atoms with E-state index in [4.69, 9.17) is 0 Å². The second-order valence-corrected chi connectivity index (χ2v) is 12.3. The van der Waals surface area contributed by atoms with Crippen LogP contribution in [0.3, 0.4) is 0 Å². The van der Waals surface area contributed by atoms with Crippen LogP contribution in [0.2, 0.25) is 0 Å². The molecule has 2 aliphatic heterocycles. The summed E-state index contributed by atoms with van der Waals surface area (Å²) in [6.45, 7) is 2.98. The molecule has 1 amide bonds. The zero-order valence-electron chi connectivity index (χ0n) is 24.2. The number of hydrogen-bond acceptors (Lipinski definition) is 5. The largest absolute Gasteiger partial charge is 0.418 e. The van der Waals surface area contributed by atoms with Crippen molar-refractivity contribution in [1.29, 1.82) is 0 Å². The maximum atomic E-state index is 14.4. The monoisotopic (exact) mass is 593 g/mol. The van der Waals surface area contributed by atoms with Crippen LogP contribution in [0.25, 0.3) is 11.2 Å². The summed E-state index contributed by atoms with van der Waals surface area (Å²) < 4.78 is 47.6. The van der Waals surface area contributed by atoms with E-state index in [-0.39, 0.29) is 36.0 Å². The normalized spacial score (nSPS) is 21.8. The number of carbonyl (C=O) groups excluding carboxylic acids is 1. The van der Waals surface area contributed by atoms with Gasteiger partial charge in [0.25, 0.3) is 0 Å². The lowest BCUT2D eigenvalue weighted by molar-refractivity contribution is -0.136. The van der Waals surface area contributed by atoms with E-state index in [0.717, 1.165) is 47.9 Å². The van der Waals surface area contributed by atoms with E-state index in [1.807, 2.05) is 34.7 Å². The number of likely N-dealkylation sites (tertiary alicyclic amines) is 1. The number of imidazole rings is 1. The third-order valence-corrected chi connectivity index (χ3v) is 9.73. The number of amides is 1. The fourth-order valence-electron chi connectivity index (χ4n) is 7.31. The number of nitrogens with zero attached hydrogens (tertiary/aromatic N) is 7. The predicted octanol–water partition coefficient (Wildman–Crippen LogP) is 4.36. The van der Waals surface area contributed by atoms with E-state index in [9.17, 15) is 22.8 Å². The van der Waals surface area contributed by atoms with Crippen molar-refractivity contribution in [3.05, 3.63) is 82.1 Å². The molecule has 2 bridgehead atoms. The molecule has 12 heteroatoms. The van der Waals surface area contributed by atoms with E-state index >= 15 is 0 Å². The number of piperazine rings is 1. The molecule has 9 nitrogen and oxygen atoms in total. The number of hydrogen-bond donors (Lipinski definition) is 0. The molecule has 1 aromatic carbocycles. The third kappa shape index (κ3) is 4.85. The van der Waals surface area contributed by atoms with Gasteiger partial charge in [0, 0.05) is 64.0 Å². The molecule has 2 unspecified atom stereocenters. The Morgan fingerprint density at radius 2 is 1.81 bits per heavy atom. The highest BCUT2D eigenvalue weighted by Gasteiger charge is 2.41. The number of rotatable bonds is 6. The molecule has 3 atom stereocenters. The summed E-state index contributed by atoms with van der Waals surface area (Å²) >= 11 is 0. The molecule has 3 fully saturated rings. The second kappa shape index (κ2) is 10.4. The second-order valence-electron chi connectivity index (χ2n) is 12.3. The van der Waals surface area contributed by atoms with Crippen molar-refractivity contribution in [2.45, 2.75) is 69.8 Å². The lowest BCUT2D eigenvalue weighted by Crippen LogP contribution is -2.54. The number of aromatic nitrogens is 5. The molecule has 7 rings (SSSR count). The van der Waals surface area contributed by atoms with Gasteiger partial charge in [0.15, 0.2) is 0 Å². The van der Waals surface area contributed by atoms with Crippen LogP contribution in [-0.4, -0.2) is 64.6 Å².